The second-order valence-electron chi connectivity index (χ2n) is 4.84. The molecule has 0 aliphatic heterocycles. The van der Waals surface area contributed by atoms with Gasteiger partial charge in [-0.2, -0.15) is 5.10 Å². The Hall–Kier alpha value is -0.970. The largest absolute Gasteiger partial charge is 0.310 e. The van der Waals surface area contributed by atoms with Gasteiger partial charge in [0.05, 0.1) is 6.20 Å². The Morgan fingerprint density at radius 1 is 1.65 bits per heavy atom. The van der Waals surface area contributed by atoms with Crippen LogP contribution in [0.1, 0.15) is 37.8 Å². The van der Waals surface area contributed by atoms with Crippen LogP contribution in [0.2, 0.25) is 0 Å². The van der Waals surface area contributed by atoms with E-state index in [4.69, 9.17) is 0 Å². The molecule has 0 saturated heterocycles. The third-order valence-corrected chi connectivity index (χ3v) is 3.42. The van der Waals surface area contributed by atoms with Gasteiger partial charge in [-0.25, -0.2) is 8.78 Å². The van der Waals surface area contributed by atoms with Crippen LogP contribution < -0.4 is 5.32 Å². The van der Waals surface area contributed by atoms with Crippen molar-refractivity contribution in [2.75, 3.05) is 6.54 Å². The number of alkyl halides is 2. The summed E-state index contributed by atoms with van der Waals surface area (Å²) < 4.78 is 28.3. The number of aromatic nitrogens is 2. The molecule has 96 valence electrons. The van der Waals surface area contributed by atoms with Gasteiger partial charge in [0.25, 0.3) is 0 Å². The molecule has 5 heteroatoms. The lowest BCUT2D eigenvalue weighted by Gasteiger charge is -2.23. The summed E-state index contributed by atoms with van der Waals surface area (Å²) in [4.78, 5) is 0. The fourth-order valence-electron chi connectivity index (χ4n) is 2.65. The first-order valence-corrected chi connectivity index (χ1v) is 6.11. The Bertz CT molecular complexity index is 376. The predicted octanol–water partition coefficient (Wildman–Crippen LogP) is 2.51. The molecule has 1 N–H and O–H groups in total. The smallest absolute Gasteiger partial charge is 0.248 e. The number of rotatable bonds is 4. The number of nitrogens with one attached hydrogen (secondary N) is 1. The summed E-state index contributed by atoms with van der Waals surface area (Å²) in [7, 11) is 1.84. The molecule has 0 bridgehead atoms. The minimum absolute atomic E-state index is 0.00192. The maximum atomic E-state index is 13.3. The van der Waals surface area contributed by atoms with Crippen molar-refractivity contribution < 1.29 is 8.78 Å². The van der Waals surface area contributed by atoms with E-state index < -0.39 is 5.92 Å². The molecule has 0 aromatic carbocycles. The highest BCUT2D eigenvalue weighted by Gasteiger charge is 2.42. The molecule has 0 radical (unpaired) electrons. The SMILES string of the molecule is CCNC(c1cnn(C)c1)C1CCC(F)(F)C1. The van der Waals surface area contributed by atoms with Gasteiger partial charge in [0.15, 0.2) is 0 Å². The molecule has 2 unspecified atom stereocenters. The Morgan fingerprint density at radius 2 is 2.41 bits per heavy atom. The van der Waals surface area contributed by atoms with E-state index in [1.807, 2.05) is 20.2 Å². The van der Waals surface area contributed by atoms with Crippen molar-refractivity contribution in [3.63, 3.8) is 0 Å². The highest BCUT2D eigenvalue weighted by atomic mass is 19.3. The van der Waals surface area contributed by atoms with Crippen molar-refractivity contribution in [1.29, 1.82) is 0 Å². The molecule has 3 nitrogen and oxygen atoms in total. The topological polar surface area (TPSA) is 29.9 Å². The first kappa shape index (κ1) is 12.5. The van der Waals surface area contributed by atoms with E-state index >= 15 is 0 Å². The molecule has 1 aliphatic carbocycles. The molecule has 1 aromatic heterocycles. The fraction of sp³-hybridized carbons (Fsp3) is 0.750. The summed E-state index contributed by atoms with van der Waals surface area (Å²) in [6.45, 7) is 2.78. The lowest BCUT2D eigenvalue weighted by molar-refractivity contribution is 0.00329. The van der Waals surface area contributed by atoms with E-state index in [0.717, 1.165) is 12.1 Å². The average molecular weight is 243 g/mol. The van der Waals surface area contributed by atoms with Crippen molar-refractivity contribution in [3.8, 4) is 0 Å². The number of halogens is 2. The van der Waals surface area contributed by atoms with Crippen LogP contribution in [-0.2, 0) is 7.05 Å². The summed E-state index contributed by atoms with van der Waals surface area (Å²) >= 11 is 0. The van der Waals surface area contributed by atoms with Crippen LogP contribution in [0.3, 0.4) is 0 Å². The first-order valence-electron chi connectivity index (χ1n) is 6.11. The van der Waals surface area contributed by atoms with E-state index in [1.54, 1.807) is 10.9 Å². The number of nitrogens with zero attached hydrogens (tertiary/aromatic N) is 2. The molecule has 2 atom stereocenters. The van der Waals surface area contributed by atoms with Gasteiger partial charge >= 0.3 is 0 Å². The zero-order chi connectivity index (χ0) is 12.5. The van der Waals surface area contributed by atoms with Gasteiger partial charge in [-0.05, 0) is 18.9 Å². The summed E-state index contributed by atoms with van der Waals surface area (Å²) in [5.41, 5.74) is 1.01. The zero-order valence-corrected chi connectivity index (χ0v) is 10.3. The van der Waals surface area contributed by atoms with Gasteiger partial charge in [0.2, 0.25) is 5.92 Å². The summed E-state index contributed by atoms with van der Waals surface area (Å²) in [6, 6.07) is 0.00192. The van der Waals surface area contributed by atoms with Crippen LogP contribution in [0, 0.1) is 5.92 Å². The Labute approximate surface area is 100 Å². The number of hydrogen-bond acceptors (Lipinski definition) is 2. The third-order valence-electron chi connectivity index (χ3n) is 3.42. The molecule has 1 saturated carbocycles. The Morgan fingerprint density at radius 3 is 2.88 bits per heavy atom. The van der Waals surface area contributed by atoms with Gasteiger partial charge < -0.3 is 5.32 Å². The Balaban J connectivity index is 2.13. The summed E-state index contributed by atoms with van der Waals surface area (Å²) in [5, 5.41) is 7.42. The van der Waals surface area contributed by atoms with Crippen LogP contribution in [0.15, 0.2) is 12.4 Å². The Kier molecular flexibility index (Phi) is 3.47. The highest BCUT2D eigenvalue weighted by molar-refractivity contribution is 5.13. The average Bonchev–Trinajstić information content (AvgIpc) is 2.81. The lowest BCUT2D eigenvalue weighted by atomic mass is 9.93. The maximum Gasteiger partial charge on any atom is 0.248 e. The molecule has 1 aliphatic rings. The highest BCUT2D eigenvalue weighted by Crippen LogP contribution is 2.44. The summed E-state index contributed by atoms with van der Waals surface area (Å²) in [5.74, 6) is -2.48. The van der Waals surface area contributed by atoms with Crippen LogP contribution in [0.5, 0.6) is 0 Å². The van der Waals surface area contributed by atoms with Crippen molar-refractivity contribution in [2.45, 2.75) is 38.2 Å². The van der Waals surface area contributed by atoms with E-state index in [9.17, 15) is 8.78 Å². The predicted molar refractivity (Wildman–Crippen MR) is 61.9 cm³/mol. The molecular weight excluding hydrogens is 224 g/mol. The second-order valence-corrected chi connectivity index (χ2v) is 4.84. The molecule has 0 amide bonds. The molecule has 2 rings (SSSR count). The van der Waals surface area contributed by atoms with Gasteiger partial charge in [-0.1, -0.05) is 6.92 Å². The second kappa shape index (κ2) is 4.72. The lowest BCUT2D eigenvalue weighted by Crippen LogP contribution is -2.27. The standard InChI is InChI=1S/C12H19F2N3/c1-3-15-11(10-7-16-17(2)8-10)9-4-5-12(13,14)6-9/h7-9,11,15H,3-6H2,1-2H3. The first-order chi connectivity index (χ1) is 8.02. The van der Waals surface area contributed by atoms with E-state index in [-0.39, 0.29) is 24.8 Å². The van der Waals surface area contributed by atoms with E-state index in [0.29, 0.717) is 6.42 Å². The van der Waals surface area contributed by atoms with Crippen LogP contribution >= 0.6 is 0 Å². The normalized spacial score (nSPS) is 25.1. The van der Waals surface area contributed by atoms with Gasteiger partial charge in [0.1, 0.15) is 0 Å². The van der Waals surface area contributed by atoms with Crippen molar-refractivity contribution in [2.24, 2.45) is 13.0 Å². The maximum absolute atomic E-state index is 13.3. The molecule has 17 heavy (non-hydrogen) atoms. The minimum Gasteiger partial charge on any atom is -0.310 e. The quantitative estimate of drug-likeness (QED) is 0.880. The van der Waals surface area contributed by atoms with Gasteiger partial charge in [-0.3, -0.25) is 4.68 Å². The van der Waals surface area contributed by atoms with Crippen molar-refractivity contribution in [3.05, 3.63) is 18.0 Å². The van der Waals surface area contributed by atoms with E-state index in [2.05, 4.69) is 10.4 Å². The monoisotopic (exact) mass is 243 g/mol. The van der Waals surface area contributed by atoms with Gasteiger partial charge in [-0.15, -0.1) is 0 Å². The van der Waals surface area contributed by atoms with Crippen LogP contribution in [-0.4, -0.2) is 22.2 Å². The van der Waals surface area contributed by atoms with Crippen LogP contribution in [0.4, 0.5) is 8.78 Å². The van der Waals surface area contributed by atoms with Crippen LogP contribution in [0.25, 0.3) is 0 Å². The number of aryl methyl sites for hydroxylation is 1. The van der Waals surface area contributed by atoms with E-state index in [1.165, 1.54) is 0 Å². The van der Waals surface area contributed by atoms with Crippen molar-refractivity contribution in [1.82, 2.24) is 15.1 Å². The summed E-state index contributed by atoms with van der Waals surface area (Å²) in [6.07, 6.45) is 4.26. The molecule has 1 aromatic rings. The molecule has 1 heterocycles. The minimum atomic E-state index is -2.49. The molecular formula is C12H19F2N3. The molecule has 0 spiro atoms. The molecule has 1 fully saturated rings. The van der Waals surface area contributed by atoms with Crippen molar-refractivity contribution >= 4 is 0 Å². The zero-order valence-electron chi connectivity index (χ0n) is 10.3. The third kappa shape index (κ3) is 2.83. The fourth-order valence-corrected chi connectivity index (χ4v) is 2.65. The van der Waals surface area contributed by atoms with Gasteiger partial charge in [0, 0.05) is 37.7 Å². The number of hydrogen-bond donors (Lipinski definition) is 1.